The standard InChI is InChI=1S/C14H22N2O2.ClH/c1-11(12-4-2-6-15-9-12)8-14(17)16-10-13-5-3-7-18-13;/h3,5,7,11-12,15H,2,4,6,8-10H2,1H3,(H,16,17);1H. The van der Waals surface area contributed by atoms with Crippen molar-refractivity contribution in [3.05, 3.63) is 24.2 Å². The Balaban J connectivity index is 0.00000180. The number of hydrogen-bond acceptors (Lipinski definition) is 3. The van der Waals surface area contributed by atoms with Crippen molar-refractivity contribution in [2.24, 2.45) is 11.8 Å². The van der Waals surface area contributed by atoms with Gasteiger partial charge in [0, 0.05) is 6.42 Å². The lowest BCUT2D eigenvalue weighted by molar-refractivity contribution is -0.122. The summed E-state index contributed by atoms with van der Waals surface area (Å²) in [4.78, 5) is 11.8. The van der Waals surface area contributed by atoms with Crippen molar-refractivity contribution in [3.63, 3.8) is 0 Å². The van der Waals surface area contributed by atoms with Crippen molar-refractivity contribution >= 4 is 18.3 Å². The van der Waals surface area contributed by atoms with E-state index >= 15 is 0 Å². The van der Waals surface area contributed by atoms with Crippen LogP contribution in [0.1, 0.15) is 31.9 Å². The van der Waals surface area contributed by atoms with Crippen molar-refractivity contribution in [2.45, 2.75) is 32.7 Å². The van der Waals surface area contributed by atoms with E-state index in [1.54, 1.807) is 6.26 Å². The van der Waals surface area contributed by atoms with Crippen molar-refractivity contribution < 1.29 is 9.21 Å². The Hall–Kier alpha value is -1.00. The highest BCUT2D eigenvalue weighted by molar-refractivity contribution is 5.85. The van der Waals surface area contributed by atoms with Crippen LogP contribution in [-0.4, -0.2) is 19.0 Å². The maximum atomic E-state index is 11.8. The number of piperidine rings is 1. The lowest BCUT2D eigenvalue weighted by atomic mass is 9.85. The van der Waals surface area contributed by atoms with Crippen LogP contribution in [0.25, 0.3) is 0 Å². The first-order chi connectivity index (χ1) is 8.75. The Labute approximate surface area is 120 Å². The van der Waals surface area contributed by atoms with Gasteiger partial charge >= 0.3 is 0 Å². The van der Waals surface area contributed by atoms with Crippen LogP contribution in [0, 0.1) is 11.8 Å². The van der Waals surface area contributed by atoms with Crippen LogP contribution in [0.15, 0.2) is 22.8 Å². The molecule has 108 valence electrons. The third-order valence-corrected chi connectivity index (χ3v) is 3.69. The van der Waals surface area contributed by atoms with Gasteiger partial charge in [0.25, 0.3) is 0 Å². The molecule has 1 aliphatic heterocycles. The van der Waals surface area contributed by atoms with Gasteiger partial charge in [0.1, 0.15) is 5.76 Å². The molecule has 1 aromatic heterocycles. The van der Waals surface area contributed by atoms with Gasteiger partial charge in [-0.25, -0.2) is 0 Å². The first-order valence-corrected chi connectivity index (χ1v) is 6.75. The second kappa shape index (κ2) is 8.23. The molecule has 5 heteroatoms. The van der Waals surface area contributed by atoms with Crippen LogP contribution in [-0.2, 0) is 11.3 Å². The lowest BCUT2D eigenvalue weighted by Crippen LogP contribution is -2.35. The normalized spacial score (nSPS) is 20.4. The SMILES string of the molecule is CC(CC(=O)NCc1ccco1)C1CCCNC1.Cl. The summed E-state index contributed by atoms with van der Waals surface area (Å²) in [6, 6.07) is 3.70. The zero-order valence-electron chi connectivity index (χ0n) is 11.4. The largest absolute Gasteiger partial charge is 0.467 e. The first-order valence-electron chi connectivity index (χ1n) is 6.75. The average Bonchev–Trinajstić information content (AvgIpc) is 2.90. The monoisotopic (exact) mass is 286 g/mol. The summed E-state index contributed by atoms with van der Waals surface area (Å²) < 4.78 is 5.18. The van der Waals surface area contributed by atoms with Crippen LogP contribution in [0.5, 0.6) is 0 Å². The van der Waals surface area contributed by atoms with Crippen LogP contribution in [0.3, 0.4) is 0 Å². The minimum Gasteiger partial charge on any atom is -0.467 e. The summed E-state index contributed by atoms with van der Waals surface area (Å²) in [7, 11) is 0. The summed E-state index contributed by atoms with van der Waals surface area (Å²) in [5.41, 5.74) is 0. The minimum atomic E-state index is 0. The molecule has 0 aromatic carbocycles. The van der Waals surface area contributed by atoms with E-state index in [9.17, 15) is 4.79 Å². The number of hydrogen-bond donors (Lipinski definition) is 2. The van der Waals surface area contributed by atoms with Crippen LogP contribution < -0.4 is 10.6 Å². The van der Waals surface area contributed by atoms with E-state index in [2.05, 4.69) is 17.6 Å². The van der Waals surface area contributed by atoms with E-state index in [0.29, 0.717) is 24.8 Å². The summed E-state index contributed by atoms with van der Waals surface area (Å²) in [5.74, 6) is 1.99. The van der Waals surface area contributed by atoms with Gasteiger partial charge in [-0.2, -0.15) is 0 Å². The molecule has 1 aliphatic rings. The maximum Gasteiger partial charge on any atom is 0.220 e. The smallest absolute Gasteiger partial charge is 0.220 e. The zero-order valence-corrected chi connectivity index (χ0v) is 12.2. The topological polar surface area (TPSA) is 54.3 Å². The molecule has 1 fully saturated rings. The number of carbonyl (C=O) groups excluding carboxylic acids is 1. The zero-order chi connectivity index (χ0) is 12.8. The lowest BCUT2D eigenvalue weighted by Gasteiger charge is -2.27. The van der Waals surface area contributed by atoms with E-state index in [1.165, 1.54) is 12.8 Å². The Morgan fingerprint density at radius 3 is 3.11 bits per heavy atom. The fraction of sp³-hybridized carbons (Fsp3) is 0.643. The minimum absolute atomic E-state index is 0. The average molecular weight is 287 g/mol. The van der Waals surface area contributed by atoms with Crippen LogP contribution in [0.2, 0.25) is 0 Å². The molecule has 0 radical (unpaired) electrons. The van der Waals surface area contributed by atoms with Gasteiger partial charge in [0.2, 0.25) is 5.91 Å². The Bertz CT molecular complexity index is 362. The van der Waals surface area contributed by atoms with Gasteiger partial charge < -0.3 is 15.1 Å². The van der Waals surface area contributed by atoms with Gasteiger partial charge in [-0.05, 0) is 49.9 Å². The highest BCUT2D eigenvalue weighted by Crippen LogP contribution is 2.22. The van der Waals surface area contributed by atoms with E-state index in [0.717, 1.165) is 18.8 Å². The predicted octanol–water partition coefficient (Wildman–Crippen LogP) is 2.34. The molecular weight excluding hydrogens is 264 g/mol. The molecule has 19 heavy (non-hydrogen) atoms. The van der Waals surface area contributed by atoms with E-state index in [1.807, 2.05) is 12.1 Å². The highest BCUT2D eigenvalue weighted by atomic mass is 35.5. The molecule has 0 bridgehead atoms. The number of carbonyl (C=O) groups is 1. The van der Waals surface area contributed by atoms with E-state index < -0.39 is 0 Å². The molecule has 1 amide bonds. The molecule has 2 rings (SSSR count). The van der Waals surface area contributed by atoms with Gasteiger partial charge in [-0.3, -0.25) is 4.79 Å². The molecule has 4 nitrogen and oxygen atoms in total. The van der Waals surface area contributed by atoms with Crippen molar-refractivity contribution in [1.82, 2.24) is 10.6 Å². The Morgan fingerprint density at radius 1 is 1.63 bits per heavy atom. The highest BCUT2D eigenvalue weighted by Gasteiger charge is 2.21. The number of amides is 1. The van der Waals surface area contributed by atoms with Crippen molar-refractivity contribution in [1.29, 1.82) is 0 Å². The molecule has 1 saturated heterocycles. The van der Waals surface area contributed by atoms with Crippen LogP contribution in [0.4, 0.5) is 0 Å². The van der Waals surface area contributed by atoms with Crippen LogP contribution >= 0.6 is 12.4 Å². The predicted molar refractivity (Wildman–Crippen MR) is 77.2 cm³/mol. The third-order valence-electron chi connectivity index (χ3n) is 3.69. The molecule has 2 N–H and O–H groups in total. The molecule has 2 unspecified atom stereocenters. The number of halogens is 1. The van der Waals surface area contributed by atoms with E-state index in [-0.39, 0.29) is 18.3 Å². The van der Waals surface area contributed by atoms with Crippen molar-refractivity contribution in [3.8, 4) is 0 Å². The van der Waals surface area contributed by atoms with Gasteiger partial charge in [0.05, 0.1) is 12.8 Å². The molecule has 0 saturated carbocycles. The van der Waals surface area contributed by atoms with Gasteiger partial charge in [0.15, 0.2) is 0 Å². The maximum absolute atomic E-state index is 11.8. The van der Waals surface area contributed by atoms with Crippen molar-refractivity contribution in [2.75, 3.05) is 13.1 Å². The fourth-order valence-corrected chi connectivity index (χ4v) is 2.49. The molecule has 0 spiro atoms. The molecule has 1 aromatic rings. The second-order valence-electron chi connectivity index (χ2n) is 5.14. The summed E-state index contributed by atoms with van der Waals surface area (Å²) in [6.07, 6.45) is 4.69. The Kier molecular flexibility index (Phi) is 6.95. The second-order valence-corrected chi connectivity index (χ2v) is 5.14. The van der Waals surface area contributed by atoms with Gasteiger partial charge in [-0.1, -0.05) is 6.92 Å². The summed E-state index contributed by atoms with van der Waals surface area (Å²) in [5, 5.41) is 6.30. The summed E-state index contributed by atoms with van der Waals surface area (Å²) in [6.45, 7) is 4.83. The number of furan rings is 1. The first kappa shape index (κ1) is 16.1. The van der Waals surface area contributed by atoms with E-state index in [4.69, 9.17) is 4.42 Å². The number of rotatable bonds is 5. The molecule has 0 aliphatic carbocycles. The molecule has 2 heterocycles. The third kappa shape index (κ3) is 5.25. The van der Waals surface area contributed by atoms with Gasteiger partial charge in [-0.15, -0.1) is 12.4 Å². The summed E-state index contributed by atoms with van der Waals surface area (Å²) >= 11 is 0. The Morgan fingerprint density at radius 2 is 2.47 bits per heavy atom. The molecular formula is C14H23ClN2O2. The quantitative estimate of drug-likeness (QED) is 0.874. The fourth-order valence-electron chi connectivity index (χ4n) is 2.49. The molecule has 2 atom stereocenters. The number of nitrogens with one attached hydrogen (secondary N) is 2.